The van der Waals surface area contributed by atoms with Crippen molar-refractivity contribution < 1.29 is 4.79 Å². The molecule has 0 saturated carbocycles. The monoisotopic (exact) mass is 338 g/mol. The van der Waals surface area contributed by atoms with Crippen molar-refractivity contribution in [3.05, 3.63) is 53.4 Å². The Labute approximate surface area is 146 Å². The Morgan fingerprint density at radius 2 is 1.92 bits per heavy atom. The highest BCUT2D eigenvalue weighted by molar-refractivity contribution is 7.13. The third kappa shape index (κ3) is 3.34. The Hall–Kier alpha value is -2.20. The second-order valence-corrected chi connectivity index (χ2v) is 8.06. The van der Waals surface area contributed by atoms with Crippen LogP contribution in [0.15, 0.2) is 47.8 Å². The number of para-hydroxylation sites is 1. The van der Waals surface area contributed by atoms with E-state index in [2.05, 4.69) is 26.1 Å². The number of thiophene rings is 1. The van der Waals surface area contributed by atoms with Gasteiger partial charge in [0.05, 0.1) is 21.7 Å². The average molecular weight is 338 g/mol. The summed E-state index contributed by atoms with van der Waals surface area (Å²) in [5, 5.41) is 6.04. The second kappa shape index (κ2) is 6.36. The molecule has 4 heteroatoms. The van der Waals surface area contributed by atoms with Crippen LogP contribution in [0.3, 0.4) is 0 Å². The van der Waals surface area contributed by atoms with Crippen molar-refractivity contribution in [1.29, 1.82) is 0 Å². The highest BCUT2D eigenvalue weighted by Crippen LogP contribution is 2.28. The van der Waals surface area contributed by atoms with Gasteiger partial charge in [-0.2, -0.15) is 0 Å². The van der Waals surface area contributed by atoms with Crippen molar-refractivity contribution in [1.82, 2.24) is 10.3 Å². The van der Waals surface area contributed by atoms with Gasteiger partial charge in [0.2, 0.25) is 0 Å². The van der Waals surface area contributed by atoms with Gasteiger partial charge in [-0.25, -0.2) is 4.98 Å². The van der Waals surface area contributed by atoms with E-state index in [4.69, 9.17) is 4.98 Å². The van der Waals surface area contributed by atoms with E-state index in [1.54, 1.807) is 11.3 Å². The molecule has 1 amide bonds. The largest absolute Gasteiger partial charge is 0.349 e. The third-order valence-corrected chi connectivity index (χ3v) is 5.27. The molecule has 1 atom stereocenters. The van der Waals surface area contributed by atoms with Gasteiger partial charge in [-0.3, -0.25) is 4.79 Å². The Morgan fingerprint density at radius 3 is 2.58 bits per heavy atom. The number of carbonyl (C=O) groups excluding carboxylic acids is 1. The van der Waals surface area contributed by atoms with Crippen LogP contribution >= 0.6 is 11.3 Å². The molecule has 0 spiro atoms. The number of aromatic nitrogens is 1. The molecule has 0 bridgehead atoms. The molecular formula is C20H22N2OS. The van der Waals surface area contributed by atoms with Crippen LogP contribution in [0.25, 0.3) is 21.5 Å². The molecule has 0 radical (unpaired) electrons. The molecule has 3 aromatic rings. The van der Waals surface area contributed by atoms with Gasteiger partial charge in [0.15, 0.2) is 0 Å². The van der Waals surface area contributed by atoms with Crippen LogP contribution in [0.5, 0.6) is 0 Å². The molecule has 2 aromatic heterocycles. The summed E-state index contributed by atoms with van der Waals surface area (Å²) < 4.78 is 0. The molecule has 24 heavy (non-hydrogen) atoms. The quantitative estimate of drug-likeness (QED) is 0.719. The highest BCUT2D eigenvalue weighted by atomic mass is 32.1. The number of hydrogen-bond donors (Lipinski definition) is 1. The normalized spacial score (nSPS) is 13.0. The lowest BCUT2D eigenvalue weighted by atomic mass is 9.88. The molecule has 0 unspecified atom stereocenters. The van der Waals surface area contributed by atoms with E-state index in [1.807, 2.05) is 54.8 Å². The number of carbonyl (C=O) groups is 1. The summed E-state index contributed by atoms with van der Waals surface area (Å²) in [5.41, 5.74) is 2.38. The molecule has 0 aliphatic carbocycles. The average Bonchev–Trinajstić information content (AvgIpc) is 3.07. The summed E-state index contributed by atoms with van der Waals surface area (Å²) >= 11 is 1.63. The zero-order chi connectivity index (χ0) is 17.3. The first kappa shape index (κ1) is 16.7. The number of fused-ring (bicyclic) bond motifs is 1. The molecule has 1 aromatic carbocycles. The van der Waals surface area contributed by atoms with Crippen LogP contribution < -0.4 is 5.32 Å². The first-order chi connectivity index (χ1) is 11.4. The fraction of sp³-hybridized carbons (Fsp3) is 0.300. The van der Waals surface area contributed by atoms with Gasteiger partial charge in [0.25, 0.3) is 5.91 Å². The Kier molecular flexibility index (Phi) is 4.41. The molecule has 3 rings (SSSR count). The summed E-state index contributed by atoms with van der Waals surface area (Å²) in [4.78, 5) is 18.7. The summed E-state index contributed by atoms with van der Waals surface area (Å²) in [5.74, 6) is -0.0474. The zero-order valence-electron chi connectivity index (χ0n) is 14.5. The maximum absolute atomic E-state index is 12.9. The number of nitrogens with zero attached hydrogens (tertiary/aromatic N) is 1. The standard InChI is InChI=1S/C20H22N2OS/c1-13(20(2,3)4)21-19(23)15-12-17(18-10-7-11-24-18)22-16-9-6-5-8-14(15)16/h5-13H,1-4H3,(H,21,23)/t13-/m0/s1. The van der Waals surface area contributed by atoms with Gasteiger partial charge in [-0.1, -0.05) is 45.0 Å². The molecule has 3 nitrogen and oxygen atoms in total. The van der Waals surface area contributed by atoms with Crippen LogP contribution in [0.2, 0.25) is 0 Å². The number of benzene rings is 1. The van der Waals surface area contributed by atoms with Crippen molar-refractivity contribution in [3.63, 3.8) is 0 Å². The first-order valence-corrected chi connectivity index (χ1v) is 8.99. The topological polar surface area (TPSA) is 42.0 Å². The summed E-state index contributed by atoms with van der Waals surface area (Å²) in [6, 6.07) is 13.8. The van der Waals surface area contributed by atoms with Crippen LogP contribution in [0.4, 0.5) is 0 Å². The van der Waals surface area contributed by atoms with E-state index in [0.29, 0.717) is 5.56 Å². The molecule has 124 valence electrons. The van der Waals surface area contributed by atoms with E-state index in [0.717, 1.165) is 21.5 Å². The summed E-state index contributed by atoms with van der Waals surface area (Å²) in [6.45, 7) is 8.42. The highest BCUT2D eigenvalue weighted by Gasteiger charge is 2.23. The maximum Gasteiger partial charge on any atom is 0.252 e. The maximum atomic E-state index is 12.9. The Balaban J connectivity index is 2.07. The second-order valence-electron chi connectivity index (χ2n) is 7.11. The molecule has 0 aliphatic heterocycles. The number of rotatable bonds is 3. The number of hydrogen-bond acceptors (Lipinski definition) is 3. The lowest BCUT2D eigenvalue weighted by Crippen LogP contribution is -2.41. The molecule has 0 fully saturated rings. The van der Waals surface area contributed by atoms with Gasteiger partial charge in [0.1, 0.15) is 0 Å². The van der Waals surface area contributed by atoms with Crippen molar-refractivity contribution in [2.45, 2.75) is 33.7 Å². The van der Waals surface area contributed by atoms with Gasteiger partial charge in [0, 0.05) is 11.4 Å². The van der Waals surface area contributed by atoms with Gasteiger partial charge < -0.3 is 5.32 Å². The summed E-state index contributed by atoms with van der Waals surface area (Å²) in [6.07, 6.45) is 0. The van der Waals surface area contributed by atoms with E-state index < -0.39 is 0 Å². The molecule has 2 heterocycles. The molecule has 1 N–H and O–H groups in total. The van der Waals surface area contributed by atoms with Crippen molar-refractivity contribution in [3.8, 4) is 10.6 Å². The summed E-state index contributed by atoms with van der Waals surface area (Å²) in [7, 11) is 0. The van der Waals surface area contributed by atoms with E-state index in [-0.39, 0.29) is 17.4 Å². The Bertz CT molecular complexity index is 863. The number of amides is 1. The minimum atomic E-state index is -0.0474. The number of pyridine rings is 1. The molecule has 0 saturated heterocycles. The zero-order valence-corrected chi connectivity index (χ0v) is 15.3. The Morgan fingerprint density at radius 1 is 1.17 bits per heavy atom. The van der Waals surface area contributed by atoms with Gasteiger partial charge in [-0.15, -0.1) is 11.3 Å². The minimum absolute atomic E-state index is 0.00900. The predicted octanol–water partition coefficient (Wildman–Crippen LogP) is 5.13. The van der Waals surface area contributed by atoms with Crippen molar-refractivity contribution in [2.24, 2.45) is 5.41 Å². The van der Waals surface area contributed by atoms with Gasteiger partial charge >= 0.3 is 0 Å². The lowest BCUT2D eigenvalue weighted by molar-refractivity contribution is 0.0912. The van der Waals surface area contributed by atoms with Crippen LogP contribution in [0.1, 0.15) is 38.1 Å². The minimum Gasteiger partial charge on any atom is -0.349 e. The van der Waals surface area contributed by atoms with Crippen LogP contribution in [-0.4, -0.2) is 16.9 Å². The molecular weight excluding hydrogens is 316 g/mol. The van der Waals surface area contributed by atoms with E-state index in [1.165, 1.54) is 0 Å². The van der Waals surface area contributed by atoms with E-state index in [9.17, 15) is 4.79 Å². The predicted molar refractivity (Wildman–Crippen MR) is 101 cm³/mol. The van der Waals surface area contributed by atoms with Gasteiger partial charge in [-0.05, 0) is 35.9 Å². The van der Waals surface area contributed by atoms with Crippen molar-refractivity contribution in [2.75, 3.05) is 0 Å². The fourth-order valence-corrected chi connectivity index (χ4v) is 3.09. The molecule has 0 aliphatic rings. The fourth-order valence-electron chi connectivity index (χ4n) is 2.40. The third-order valence-electron chi connectivity index (χ3n) is 4.38. The smallest absolute Gasteiger partial charge is 0.252 e. The first-order valence-electron chi connectivity index (χ1n) is 8.11. The SMILES string of the molecule is C[C@H](NC(=O)c1cc(-c2cccs2)nc2ccccc12)C(C)(C)C. The van der Waals surface area contributed by atoms with Crippen molar-refractivity contribution >= 4 is 28.1 Å². The number of nitrogens with one attached hydrogen (secondary N) is 1. The van der Waals surface area contributed by atoms with Crippen LogP contribution in [0, 0.1) is 5.41 Å². The van der Waals surface area contributed by atoms with E-state index >= 15 is 0 Å². The van der Waals surface area contributed by atoms with Crippen LogP contribution in [-0.2, 0) is 0 Å². The lowest BCUT2D eigenvalue weighted by Gasteiger charge is -2.28.